The normalized spacial score (nSPS) is 10.6. The van der Waals surface area contributed by atoms with Gasteiger partial charge in [-0.1, -0.05) is 6.07 Å². The van der Waals surface area contributed by atoms with Crippen LogP contribution in [-0.4, -0.2) is 56.7 Å². The molecular formula is C25H27N5O5. The molecule has 0 aliphatic heterocycles. The van der Waals surface area contributed by atoms with Crippen LogP contribution < -0.4 is 29.0 Å². The van der Waals surface area contributed by atoms with Gasteiger partial charge in [0.05, 0.1) is 35.5 Å². The highest BCUT2D eigenvalue weighted by molar-refractivity contribution is 5.80. The zero-order valence-electron chi connectivity index (χ0n) is 20.3. The number of aromatic amines is 1. The monoisotopic (exact) mass is 477 g/mol. The minimum Gasteiger partial charge on any atom is -0.493 e. The van der Waals surface area contributed by atoms with Crippen LogP contribution in [0.4, 0.5) is 5.82 Å². The Hall–Kier alpha value is -4.52. The molecule has 10 heteroatoms. The Balaban J connectivity index is 1.71. The fraction of sp³-hybridized carbons (Fsp3) is 0.280. The van der Waals surface area contributed by atoms with Gasteiger partial charge in [0.25, 0.3) is 0 Å². The molecule has 2 N–H and O–H groups in total. The Morgan fingerprint density at radius 1 is 0.914 bits per heavy atom. The number of methoxy groups -OCH3 is 5. The zero-order valence-corrected chi connectivity index (χ0v) is 20.3. The second-order valence-electron chi connectivity index (χ2n) is 7.55. The predicted molar refractivity (Wildman–Crippen MR) is 131 cm³/mol. The molecule has 0 spiro atoms. The van der Waals surface area contributed by atoms with Crippen LogP contribution in [0.15, 0.2) is 36.5 Å². The summed E-state index contributed by atoms with van der Waals surface area (Å²) in [5.74, 6) is 3.57. The molecule has 4 aromatic rings. The molecule has 0 atom stereocenters. The number of nitriles is 1. The first-order valence-electron chi connectivity index (χ1n) is 10.8. The molecule has 0 unspecified atom stereocenters. The van der Waals surface area contributed by atoms with Crippen molar-refractivity contribution >= 4 is 11.5 Å². The SMILES string of the molecule is COc1ccc(CCNc2c(-c3cc(OC)c(OC)c(OC)c3)nc3c(C#N)c[nH]n23)cc1OC. The quantitative estimate of drug-likeness (QED) is 0.353. The lowest BCUT2D eigenvalue weighted by Gasteiger charge is -2.14. The number of nitrogens with zero attached hydrogens (tertiary/aromatic N) is 3. The van der Waals surface area contributed by atoms with Crippen molar-refractivity contribution < 1.29 is 23.7 Å². The van der Waals surface area contributed by atoms with Gasteiger partial charge in [-0.2, -0.15) is 5.26 Å². The van der Waals surface area contributed by atoms with Gasteiger partial charge in [-0.15, -0.1) is 0 Å². The number of H-pyrrole nitrogens is 1. The third-order valence-electron chi connectivity index (χ3n) is 5.67. The molecule has 0 bridgehead atoms. The van der Waals surface area contributed by atoms with E-state index >= 15 is 0 Å². The van der Waals surface area contributed by atoms with E-state index in [-0.39, 0.29) is 0 Å². The van der Waals surface area contributed by atoms with Crippen molar-refractivity contribution in [3.63, 3.8) is 0 Å². The van der Waals surface area contributed by atoms with Gasteiger partial charge in [0.2, 0.25) is 5.75 Å². The standard InChI is InChI=1S/C25H27N5O5/c1-31-18-7-6-15(10-19(18)32-2)8-9-27-25-22(29-24-17(13-26)14-28-30(24)25)16-11-20(33-3)23(35-5)21(12-16)34-4/h6-7,10-12,14,27-28H,8-9H2,1-5H3. The number of aromatic nitrogens is 3. The number of rotatable bonds is 10. The summed E-state index contributed by atoms with van der Waals surface area (Å²) in [6.07, 6.45) is 2.34. The molecule has 2 aromatic heterocycles. The molecule has 0 aliphatic carbocycles. The highest BCUT2D eigenvalue weighted by Gasteiger charge is 2.21. The van der Waals surface area contributed by atoms with Gasteiger partial charge in [-0.3, -0.25) is 5.10 Å². The van der Waals surface area contributed by atoms with E-state index in [1.807, 2.05) is 30.3 Å². The molecule has 10 nitrogen and oxygen atoms in total. The lowest BCUT2D eigenvalue weighted by atomic mass is 10.1. The van der Waals surface area contributed by atoms with E-state index in [2.05, 4.69) is 16.5 Å². The predicted octanol–water partition coefficient (Wildman–Crippen LogP) is 3.90. The average molecular weight is 478 g/mol. The van der Waals surface area contributed by atoms with Crippen molar-refractivity contribution in [2.45, 2.75) is 6.42 Å². The summed E-state index contributed by atoms with van der Waals surface area (Å²) >= 11 is 0. The molecule has 0 saturated carbocycles. The number of hydrogen-bond acceptors (Lipinski definition) is 8. The first-order valence-corrected chi connectivity index (χ1v) is 10.8. The van der Waals surface area contributed by atoms with Crippen molar-refractivity contribution in [3.8, 4) is 46.1 Å². The lowest BCUT2D eigenvalue weighted by Crippen LogP contribution is -2.08. The van der Waals surface area contributed by atoms with Crippen LogP contribution in [0.25, 0.3) is 16.9 Å². The molecule has 2 aromatic carbocycles. The molecule has 4 rings (SSSR count). The summed E-state index contributed by atoms with van der Waals surface area (Å²) in [6, 6.07) is 11.7. The average Bonchev–Trinajstić information content (AvgIpc) is 3.47. The molecule has 0 fully saturated rings. The third-order valence-corrected chi connectivity index (χ3v) is 5.67. The highest BCUT2D eigenvalue weighted by atomic mass is 16.5. The number of fused-ring (bicyclic) bond motifs is 1. The van der Waals surface area contributed by atoms with E-state index in [1.165, 1.54) is 0 Å². The number of hydrogen-bond donors (Lipinski definition) is 2. The Morgan fingerprint density at radius 3 is 2.20 bits per heavy atom. The number of imidazole rings is 1. The van der Waals surface area contributed by atoms with Gasteiger partial charge in [0.15, 0.2) is 34.5 Å². The molecule has 0 amide bonds. The van der Waals surface area contributed by atoms with Crippen LogP contribution in [0.2, 0.25) is 0 Å². The van der Waals surface area contributed by atoms with Gasteiger partial charge >= 0.3 is 0 Å². The van der Waals surface area contributed by atoms with Gasteiger partial charge in [-0.25, -0.2) is 9.50 Å². The van der Waals surface area contributed by atoms with Crippen molar-refractivity contribution in [2.24, 2.45) is 0 Å². The van der Waals surface area contributed by atoms with E-state index < -0.39 is 0 Å². The Bertz CT molecular complexity index is 1360. The smallest absolute Gasteiger partial charge is 0.203 e. The second kappa shape index (κ2) is 10.2. The molecule has 2 heterocycles. The van der Waals surface area contributed by atoms with E-state index in [0.29, 0.717) is 64.4 Å². The topological polar surface area (TPSA) is 115 Å². The maximum atomic E-state index is 9.52. The Morgan fingerprint density at radius 2 is 1.60 bits per heavy atom. The Kier molecular flexibility index (Phi) is 6.87. The van der Waals surface area contributed by atoms with E-state index in [0.717, 1.165) is 11.1 Å². The zero-order chi connectivity index (χ0) is 24.9. The molecule has 182 valence electrons. The summed E-state index contributed by atoms with van der Waals surface area (Å²) in [7, 11) is 7.91. The first kappa shape index (κ1) is 23.6. The van der Waals surface area contributed by atoms with Crippen LogP contribution in [0.3, 0.4) is 0 Å². The summed E-state index contributed by atoms with van der Waals surface area (Å²) in [5.41, 5.74) is 3.42. The number of nitrogens with one attached hydrogen (secondary N) is 2. The summed E-state index contributed by atoms with van der Waals surface area (Å²) < 4.78 is 29.0. The Labute approximate surface area is 202 Å². The van der Waals surface area contributed by atoms with Crippen LogP contribution >= 0.6 is 0 Å². The van der Waals surface area contributed by atoms with Crippen molar-refractivity contribution in [1.82, 2.24) is 14.6 Å². The van der Waals surface area contributed by atoms with Crippen LogP contribution in [-0.2, 0) is 6.42 Å². The van der Waals surface area contributed by atoms with Crippen LogP contribution in [0.1, 0.15) is 11.1 Å². The van der Waals surface area contributed by atoms with Crippen molar-refractivity contribution in [1.29, 1.82) is 5.26 Å². The van der Waals surface area contributed by atoms with Crippen LogP contribution in [0, 0.1) is 11.3 Å². The van der Waals surface area contributed by atoms with Gasteiger partial charge in [0.1, 0.15) is 17.3 Å². The number of ether oxygens (including phenoxy) is 5. The summed E-state index contributed by atoms with van der Waals surface area (Å²) in [4.78, 5) is 4.75. The minimum atomic E-state index is 0.437. The second-order valence-corrected chi connectivity index (χ2v) is 7.55. The summed E-state index contributed by atoms with van der Waals surface area (Å²) in [5, 5.41) is 16.1. The lowest BCUT2D eigenvalue weighted by molar-refractivity contribution is 0.324. The number of anilines is 1. The highest BCUT2D eigenvalue weighted by Crippen LogP contribution is 2.42. The van der Waals surface area contributed by atoms with E-state index in [9.17, 15) is 5.26 Å². The third kappa shape index (κ3) is 4.36. The minimum absolute atomic E-state index is 0.437. The van der Waals surface area contributed by atoms with E-state index in [4.69, 9.17) is 28.7 Å². The fourth-order valence-electron chi connectivity index (χ4n) is 3.95. The van der Waals surface area contributed by atoms with Crippen molar-refractivity contribution in [2.75, 3.05) is 47.4 Å². The van der Waals surface area contributed by atoms with Gasteiger partial charge in [0, 0.05) is 18.3 Å². The molecule has 0 aliphatic rings. The molecule has 0 saturated heterocycles. The summed E-state index contributed by atoms with van der Waals surface area (Å²) in [6.45, 7) is 0.599. The molecular weight excluding hydrogens is 450 g/mol. The maximum Gasteiger partial charge on any atom is 0.203 e. The molecule has 0 radical (unpaired) electrons. The molecule has 35 heavy (non-hydrogen) atoms. The van der Waals surface area contributed by atoms with Gasteiger partial charge in [-0.05, 0) is 36.2 Å². The first-order chi connectivity index (χ1) is 17.1. The fourth-order valence-corrected chi connectivity index (χ4v) is 3.95. The van der Waals surface area contributed by atoms with Crippen molar-refractivity contribution in [3.05, 3.63) is 47.7 Å². The number of benzene rings is 2. The largest absolute Gasteiger partial charge is 0.493 e. The van der Waals surface area contributed by atoms with Gasteiger partial charge < -0.3 is 29.0 Å². The van der Waals surface area contributed by atoms with Crippen LogP contribution in [0.5, 0.6) is 28.7 Å². The maximum absolute atomic E-state index is 9.52. The van der Waals surface area contributed by atoms with E-state index in [1.54, 1.807) is 46.3 Å².